The lowest BCUT2D eigenvalue weighted by atomic mass is 9.74. The van der Waals surface area contributed by atoms with Gasteiger partial charge < -0.3 is 14.2 Å². The third-order valence-corrected chi connectivity index (χ3v) is 6.28. The van der Waals surface area contributed by atoms with E-state index in [4.69, 9.17) is 25.8 Å². The number of halogens is 1. The fourth-order valence-corrected chi connectivity index (χ4v) is 4.41. The number of likely N-dealkylation sites (N-methyl/N-ethyl adjacent to an activating group) is 1. The first kappa shape index (κ1) is 21.6. The van der Waals surface area contributed by atoms with Gasteiger partial charge in [-0.2, -0.15) is 0 Å². The van der Waals surface area contributed by atoms with E-state index in [1.54, 1.807) is 31.2 Å². The van der Waals surface area contributed by atoms with E-state index < -0.39 is 29.1 Å². The van der Waals surface area contributed by atoms with Crippen LogP contribution in [0.1, 0.15) is 38.2 Å². The number of hydrogen-bond acceptors (Lipinski definition) is 6. The van der Waals surface area contributed by atoms with Gasteiger partial charge in [0, 0.05) is 24.1 Å². The summed E-state index contributed by atoms with van der Waals surface area (Å²) in [5, 5.41) is 0.409. The molecule has 1 amide bonds. The normalized spacial score (nSPS) is 24.2. The van der Waals surface area contributed by atoms with Crippen LogP contribution in [0.5, 0.6) is 0 Å². The number of rotatable bonds is 5. The summed E-state index contributed by atoms with van der Waals surface area (Å²) < 4.78 is 15.6. The van der Waals surface area contributed by atoms with E-state index in [9.17, 15) is 14.4 Å². The Kier molecular flexibility index (Phi) is 6.19. The van der Waals surface area contributed by atoms with Crippen LogP contribution in [-0.4, -0.2) is 56.2 Å². The van der Waals surface area contributed by atoms with Crippen molar-refractivity contribution in [3.8, 4) is 0 Å². The molecule has 1 aliphatic carbocycles. The van der Waals surface area contributed by atoms with E-state index in [0.29, 0.717) is 23.4 Å². The Balaban J connectivity index is 1.94. The van der Waals surface area contributed by atoms with Crippen molar-refractivity contribution in [1.29, 1.82) is 0 Å². The van der Waals surface area contributed by atoms with Crippen molar-refractivity contribution in [2.75, 3.05) is 27.4 Å². The summed E-state index contributed by atoms with van der Waals surface area (Å²) >= 11 is 6.42. The number of Topliss-reactive ketones (excluding diaryl/α,β-unsaturated/α-hetero) is 1. The number of amides is 1. The second kappa shape index (κ2) is 8.32. The molecule has 1 aromatic carbocycles. The molecule has 0 N–H and O–H groups in total. The topological polar surface area (TPSA) is 82.1 Å². The Morgan fingerprint density at radius 3 is 2.48 bits per heavy atom. The zero-order valence-electron chi connectivity index (χ0n) is 16.9. The largest absolute Gasteiger partial charge is 0.466 e. The van der Waals surface area contributed by atoms with Gasteiger partial charge in [0.25, 0.3) is 0 Å². The highest BCUT2D eigenvalue weighted by Gasteiger charge is 2.52. The molecule has 2 aliphatic rings. The molecule has 1 saturated carbocycles. The predicted octanol–water partition coefficient (Wildman–Crippen LogP) is 3.32. The minimum Gasteiger partial charge on any atom is -0.466 e. The molecule has 8 heteroatoms. The number of esters is 1. The minimum atomic E-state index is -1.23. The molecular weight excluding hydrogens is 398 g/mol. The lowest BCUT2D eigenvalue weighted by molar-refractivity contribution is -0.191. The first-order valence-corrected chi connectivity index (χ1v) is 10.0. The Bertz CT molecular complexity index is 808. The van der Waals surface area contributed by atoms with Crippen molar-refractivity contribution in [2.24, 2.45) is 5.41 Å². The number of nitrogens with zero attached hydrogens (tertiary/aromatic N) is 1. The maximum Gasteiger partial charge on any atom is 0.411 e. The van der Waals surface area contributed by atoms with Crippen LogP contribution in [0.2, 0.25) is 5.02 Å². The van der Waals surface area contributed by atoms with Crippen LogP contribution in [-0.2, 0) is 29.3 Å². The van der Waals surface area contributed by atoms with Crippen LogP contribution < -0.4 is 0 Å². The summed E-state index contributed by atoms with van der Waals surface area (Å²) in [6.45, 7) is 2.34. The van der Waals surface area contributed by atoms with E-state index in [1.165, 1.54) is 19.1 Å². The highest BCUT2D eigenvalue weighted by molar-refractivity contribution is 6.31. The first-order valence-electron chi connectivity index (χ1n) is 9.64. The molecule has 0 spiro atoms. The summed E-state index contributed by atoms with van der Waals surface area (Å²) in [6, 6.07) is 7.02. The average molecular weight is 424 g/mol. The van der Waals surface area contributed by atoms with E-state index >= 15 is 0 Å². The number of ketones is 1. The number of carbonyl (C=O) groups excluding carboxylic acids is 3. The smallest absolute Gasteiger partial charge is 0.411 e. The maximum absolute atomic E-state index is 13.2. The Hall–Kier alpha value is -2.12. The van der Waals surface area contributed by atoms with Crippen LogP contribution in [0.4, 0.5) is 4.79 Å². The molecular formula is C21H26ClNO6. The summed E-state index contributed by atoms with van der Waals surface area (Å²) in [6.07, 6.45) is 0.399. The molecule has 1 heterocycles. The van der Waals surface area contributed by atoms with E-state index in [-0.39, 0.29) is 19.0 Å². The van der Waals surface area contributed by atoms with Gasteiger partial charge in [0.2, 0.25) is 6.10 Å². The summed E-state index contributed by atoms with van der Waals surface area (Å²) in [7, 11) is 2.76. The van der Waals surface area contributed by atoms with Crippen LogP contribution in [0.15, 0.2) is 24.3 Å². The number of ether oxygens (including phenoxy) is 3. The molecule has 0 radical (unpaired) electrons. The number of benzene rings is 1. The van der Waals surface area contributed by atoms with Gasteiger partial charge in [-0.05, 0) is 25.3 Å². The lowest BCUT2D eigenvalue weighted by Crippen LogP contribution is -2.58. The lowest BCUT2D eigenvalue weighted by Gasteiger charge is -2.45. The van der Waals surface area contributed by atoms with Crippen molar-refractivity contribution in [3.63, 3.8) is 0 Å². The van der Waals surface area contributed by atoms with E-state index in [0.717, 1.165) is 12.8 Å². The zero-order valence-corrected chi connectivity index (χ0v) is 17.7. The van der Waals surface area contributed by atoms with Crippen LogP contribution >= 0.6 is 11.6 Å². The van der Waals surface area contributed by atoms with Gasteiger partial charge >= 0.3 is 12.1 Å². The molecule has 1 aromatic rings. The van der Waals surface area contributed by atoms with Crippen molar-refractivity contribution >= 4 is 29.4 Å². The standard InChI is InChI=1S/C21H26ClNO6/c1-20(12-28-13-20)17(18(25)27-3)29-19(26)23(2)21(11-7-6-10-16(21)24)14-8-4-5-9-15(14)22/h4-5,8-9,17H,6-7,10-13H2,1-3H3. The van der Waals surface area contributed by atoms with Crippen molar-refractivity contribution in [1.82, 2.24) is 4.90 Å². The molecule has 158 valence electrons. The van der Waals surface area contributed by atoms with Crippen LogP contribution in [0.3, 0.4) is 0 Å². The molecule has 29 heavy (non-hydrogen) atoms. The molecule has 1 aliphatic heterocycles. The summed E-state index contributed by atoms with van der Waals surface area (Å²) in [4.78, 5) is 39.9. The Labute approximate surface area is 175 Å². The quantitative estimate of drug-likeness (QED) is 0.675. The second-order valence-electron chi connectivity index (χ2n) is 7.96. The van der Waals surface area contributed by atoms with Gasteiger partial charge in [0.05, 0.1) is 25.7 Å². The zero-order chi connectivity index (χ0) is 21.2. The van der Waals surface area contributed by atoms with Crippen molar-refractivity contribution in [2.45, 2.75) is 44.2 Å². The van der Waals surface area contributed by atoms with Crippen LogP contribution in [0.25, 0.3) is 0 Å². The highest BCUT2D eigenvalue weighted by Crippen LogP contribution is 2.43. The van der Waals surface area contributed by atoms with Gasteiger partial charge in [-0.3, -0.25) is 9.69 Å². The van der Waals surface area contributed by atoms with E-state index in [1.807, 2.05) is 0 Å². The predicted molar refractivity (Wildman–Crippen MR) is 106 cm³/mol. The third-order valence-electron chi connectivity index (χ3n) is 5.95. The average Bonchev–Trinajstić information content (AvgIpc) is 2.70. The monoisotopic (exact) mass is 423 g/mol. The molecule has 2 atom stereocenters. The van der Waals surface area contributed by atoms with Crippen LogP contribution in [0, 0.1) is 5.41 Å². The van der Waals surface area contributed by atoms with Crippen molar-refractivity contribution < 1.29 is 28.6 Å². The van der Waals surface area contributed by atoms with Gasteiger partial charge in [-0.25, -0.2) is 9.59 Å². The molecule has 0 bridgehead atoms. The molecule has 2 unspecified atom stereocenters. The van der Waals surface area contributed by atoms with Gasteiger partial charge in [0.15, 0.2) is 5.78 Å². The molecule has 3 rings (SSSR count). The molecule has 7 nitrogen and oxygen atoms in total. The maximum atomic E-state index is 13.2. The molecule has 2 fully saturated rings. The Morgan fingerprint density at radius 2 is 1.93 bits per heavy atom. The summed E-state index contributed by atoms with van der Waals surface area (Å²) in [5.74, 6) is -0.747. The van der Waals surface area contributed by atoms with Crippen molar-refractivity contribution in [3.05, 3.63) is 34.9 Å². The number of hydrogen-bond donors (Lipinski definition) is 0. The first-order chi connectivity index (χ1) is 13.8. The fourth-order valence-electron chi connectivity index (χ4n) is 4.12. The van der Waals surface area contributed by atoms with Gasteiger partial charge in [-0.1, -0.05) is 36.7 Å². The van der Waals surface area contributed by atoms with E-state index in [2.05, 4.69) is 0 Å². The van der Waals surface area contributed by atoms with Gasteiger partial charge in [-0.15, -0.1) is 0 Å². The number of carbonyl (C=O) groups is 3. The SMILES string of the molecule is COC(=O)C(OC(=O)N(C)C1(c2ccccc2Cl)CCCCC1=O)C1(C)COC1. The fraction of sp³-hybridized carbons (Fsp3) is 0.571. The third kappa shape index (κ3) is 3.73. The van der Waals surface area contributed by atoms with Gasteiger partial charge in [0.1, 0.15) is 5.54 Å². The second-order valence-corrected chi connectivity index (χ2v) is 8.37. The summed E-state index contributed by atoms with van der Waals surface area (Å²) in [5.41, 5.74) is -1.33. The molecule has 1 saturated heterocycles. The highest BCUT2D eigenvalue weighted by atomic mass is 35.5. The Morgan fingerprint density at radius 1 is 1.24 bits per heavy atom. The minimum absolute atomic E-state index is 0.0934. The molecule has 0 aromatic heterocycles. The number of methoxy groups -OCH3 is 1.